The summed E-state index contributed by atoms with van der Waals surface area (Å²) in [4.78, 5) is 22.7. The molecule has 1 aliphatic heterocycles. The second kappa shape index (κ2) is 5.93. The second-order valence-electron chi connectivity index (χ2n) is 4.68. The minimum atomic E-state index is -0.175. The van der Waals surface area contributed by atoms with E-state index in [2.05, 4.69) is 12.6 Å². The molecule has 0 spiro atoms. The first-order chi connectivity index (χ1) is 8.58. The number of hydrogen-bond acceptors (Lipinski definition) is 3. The molecular weight excluding hydrogens is 264 g/mol. The zero-order valence-corrected chi connectivity index (χ0v) is 12.0. The molecule has 96 valence electrons. The average Bonchev–Trinajstić information content (AvgIpc) is 2.75. The molecule has 18 heavy (non-hydrogen) atoms. The summed E-state index contributed by atoms with van der Waals surface area (Å²) in [5, 5.41) is -0.120. The van der Waals surface area contributed by atoms with Crippen LogP contribution < -0.4 is 0 Å². The van der Waals surface area contributed by atoms with Crippen molar-refractivity contribution in [2.45, 2.75) is 19.3 Å². The smallest absolute Gasteiger partial charge is 0.193 e. The molecule has 1 fully saturated rings. The van der Waals surface area contributed by atoms with Gasteiger partial charge in [0.1, 0.15) is 5.78 Å². The van der Waals surface area contributed by atoms with E-state index in [1.165, 1.54) is 5.56 Å². The van der Waals surface area contributed by atoms with Crippen molar-refractivity contribution in [3.63, 3.8) is 0 Å². The van der Waals surface area contributed by atoms with E-state index in [1.54, 1.807) is 11.8 Å². The molecule has 0 N–H and O–H groups in total. The summed E-state index contributed by atoms with van der Waals surface area (Å²) in [6, 6.07) is 7.94. The van der Waals surface area contributed by atoms with Gasteiger partial charge in [0, 0.05) is 11.7 Å². The van der Waals surface area contributed by atoms with Crippen molar-refractivity contribution in [3.8, 4) is 0 Å². The topological polar surface area (TPSA) is 34.1 Å². The van der Waals surface area contributed by atoms with Gasteiger partial charge in [-0.25, -0.2) is 0 Å². The summed E-state index contributed by atoms with van der Waals surface area (Å²) in [5.41, 5.74) is 2.14. The van der Waals surface area contributed by atoms with E-state index in [9.17, 15) is 9.59 Å². The molecule has 0 aliphatic carbocycles. The van der Waals surface area contributed by atoms with Crippen LogP contribution in [0.5, 0.6) is 0 Å². The quantitative estimate of drug-likeness (QED) is 0.861. The van der Waals surface area contributed by atoms with Gasteiger partial charge in [-0.2, -0.15) is 11.8 Å². The van der Waals surface area contributed by atoms with Gasteiger partial charge in [0.15, 0.2) is 5.12 Å². The fraction of sp³-hybridized carbons (Fsp3) is 0.429. The summed E-state index contributed by atoms with van der Waals surface area (Å²) in [6.07, 6.45) is 0.815. The van der Waals surface area contributed by atoms with E-state index in [0.29, 0.717) is 11.5 Å². The van der Waals surface area contributed by atoms with Gasteiger partial charge >= 0.3 is 0 Å². The van der Waals surface area contributed by atoms with E-state index in [0.717, 1.165) is 17.7 Å². The number of carbonyl (C=O) groups is 2. The molecular formula is C14H16O2S2. The molecule has 1 saturated heterocycles. The molecule has 0 amide bonds. The lowest BCUT2D eigenvalue weighted by atomic mass is 9.95. The molecule has 1 aromatic carbocycles. The van der Waals surface area contributed by atoms with Crippen molar-refractivity contribution in [1.29, 1.82) is 0 Å². The largest absolute Gasteiger partial charge is 0.298 e. The average molecular weight is 280 g/mol. The van der Waals surface area contributed by atoms with Crippen LogP contribution in [0.2, 0.25) is 0 Å². The van der Waals surface area contributed by atoms with Crippen LogP contribution in [0.3, 0.4) is 0 Å². The number of thioether (sulfide) groups is 1. The third-order valence-corrected chi connectivity index (χ3v) is 4.86. The van der Waals surface area contributed by atoms with Gasteiger partial charge in [0.05, 0.1) is 11.7 Å². The predicted octanol–water partition coefficient (Wildman–Crippen LogP) is 2.72. The van der Waals surface area contributed by atoms with E-state index in [4.69, 9.17) is 0 Å². The number of rotatable bonds is 4. The van der Waals surface area contributed by atoms with Crippen LogP contribution in [0.15, 0.2) is 24.3 Å². The van der Waals surface area contributed by atoms with Crippen LogP contribution in [0, 0.1) is 5.92 Å². The molecule has 1 aromatic rings. The Morgan fingerprint density at radius 3 is 2.61 bits per heavy atom. The summed E-state index contributed by atoms with van der Waals surface area (Å²) in [7, 11) is 0. The van der Waals surface area contributed by atoms with Crippen LogP contribution in [0.1, 0.15) is 24.0 Å². The van der Waals surface area contributed by atoms with Gasteiger partial charge in [-0.1, -0.05) is 31.2 Å². The second-order valence-corrected chi connectivity index (χ2v) is 6.16. The molecule has 0 bridgehead atoms. The lowest BCUT2D eigenvalue weighted by molar-refractivity contribution is -0.119. The third kappa shape index (κ3) is 3.18. The molecule has 0 radical (unpaired) electrons. The first-order valence-corrected chi connectivity index (χ1v) is 7.60. The maximum atomic E-state index is 11.6. The molecule has 2 nitrogen and oxygen atoms in total. The SMILES string of the molecule is CC(C(=O)S)c1ccc(CC2CSCC2=O)cc1. The summed E-state index contributed by atoms with van der Waals surface area (Å²) in [6.45, 7) is 1.85. The fourth-order valence-corrected chi connectivity index (χ4v) is 3.35. The minimum absolute atomic E-state index is 0.120. The Labute approximate surface area is 117 Å². The molecule has 0 saturated carbocycles. The van der Waals surface area contributed by atoms with Crippen molar-refractivity contribution in [2.24, 2.45) is 5.92 Å². The van der Waals surface area contributed by atoms with Gasteiger partial charge in [-0.05, 0) is 17.5 Å². The van der Waals surface area contributed by atoms with Crippen molar-refractivity contribution < 1.29 is 9.59 Å². The lowest BCUT2D eigenvalue weighted by Gasteiger charge is -2.10. The Bertz CT molecular complexity index is 453. The van der Waals surface area contributed by atoms with Crippen LogP contribution in [-0.2, 0) is 16.0 Å². The highest BCUT2D eigenvalue weighted by Gasteiger charge is 2.24. The molecule has 1 aliphatic rings. The maximum absolute atomic E-state index is 11.6. The standard InChI is InChI=1S/C14H16O2S2/c1-9(14(16)17)11-4-2-10(3-5-11)6-12-7-18-8-13(12)15/h2-5,9,12H,6-8H2,1H3,(H,16,17). The highest BCUT2D eigenvalue weighted by molar-refractivity contribution is 8.00. The fourth-order valence-electron chi connectivity index (χ4n) is 2.05. The molecule has 1 heterocycles. The van der Waals surface area contributed by atoms with Crippen molar-refractivity contribution >= 4 is 35.3 Å². The lowest BCUT2D eigenvalue weighted by Crippen LogP contribution is -2.14. The third-order valence-electron chi connectivity index (χ3n) is 3.35. The number of Topliss-reactive ketones (excluding diaryl/α,β-unsaturated/α-hetero) is 1. The van der Waals surface area contributed by atoms with E-state index in [1.807, 2.05) is 31.2 Å². The number of hydrogen-bond donors (Lipinski definition) is 1. The van der Waals surface area contributed by atoms with Gasteiger partial charge in [-0.3, -0.25) is 9.59 Å². The van der Waals surface area contributed by atoms with Crippen LogP contribution in [0.4, 0.5) is 0 Å². The maximum Gasteiger partial charge on any atom is 0.193 e. The minimum Gasteiger partial charge on any atom is -0.298 e. The Kier molecular flexibility index (Phi) is 4.51. The Hall–Kier alpha value is -0.740. The molecule has 2 rings (SSSR count). The molecule has 4 heteroatoms. The van der Waals surface area contributed by atoms with E-state index >= 15 is 0 Å². The normalized spacial score (nSPS) is 21.0. The van der Waals surface area contributed by atoms with Crippen LogP contribution in [0.25, 0.3) is 0 Å². The van der Waals surface area contributed by atoms with Crippen molar-refractivity contribution in [3.05, 3.63) is 35.4 Å². The van der Waals surface area contributed by atoms with Gasteiger partial charge in [-0.15, -0.1) is 12.6 Å². The summed E-state index contributed by atoms with van der Waals surface area (Å²) in [5.74, 6) is 1.96. The van der Waals surface area contributed by atoms with Gasteiger partial charge in [0.2, 0.25) is 0 Å². The monoisotopic (exact) mass is 280 g/mol. The first-order valence-electron chi connectivity index (χ1n) is 6.00. The zero-order valence-electron chi connectivity index (χ0n) is 10.3. The predicted molar refractivity (Wildman–Crippen MR) is 78.4 cm³/mol. The van der Waals surface area contributed by atoms with Crippen molar-refractivity contribution in [1.82, 2.24) is 0 Å². The highest BCUT2D eigenvalue weighted by Crippen LogP contribution is 2.25. The van der Waals surface area contributed by atoms with Crippen LogP contribution in [-0.4, -0.2) is 22.4 Å². The van der Waals surface area contributed by atoms with Crippen molar-refractivity contribution in [2.75, 3.05) is 11.5 Å². The Morgan fingerprint density at radius 1 is 1.44 bits per heavy atom. The number of ketones is 1. The van der Waals surface area contributed by atoms with Gasteiger partial charge < -0.3 is 0 Å². The van der Waals surface area contributed by atoms with E-state index in [-0.39, 0.29) is 17.0 Å². The highest BCUT2D eigenvalue weighted by atomic mass is 32.2. The zero-order chi connectivity index (χ0) is 13.1. The van der Waals surface area contributed by atoms with E-state index < -0.39 is 0 Å². The number of carbonyl (C=O) groups excluding carboxylic acids is 2. The summed E-state index contributed by atoms with van der Waals surface area (Å²) < 4.78 is 0. The number of benzene rings is 1. The molecule has 2 atom stereocenters. The van der Waals surface area contributed by atoms with Gasteiger partial charge in [0.25, 0.3) is 0 Å². The number of thiol groups is 1. The molecule has 2 unspecified atom stereocenters. The summed E-state index contributed by atoms with van der Waals surface area (Å²) >= 11 is 5.57. The molecule has 0 aromatic heterocycles. The Balaban J connectivity index is 2.03. The van der Waals surface area contributed by atoms with Crippen LogP contribution >= 0.6 is 24.4 Å². The first kappa shape index (κ1) is 13.7. The Morgan fingerprint density at radius 2 is 2.11 bits per heavy atom.